The van der Waals surface area contributed by atoms with E-state index < -0.39 is 17.8 Å². The van der Waals surface area contributed by atoms with Gasteiger partial charge in [0.25, 0.3) is 5.91 Å². The molecule has 0 saturated carbocycles. The number of carbonyl (C=O) groups excluding carboxylic acids is 1. The minimum Gasteiger partial charge on any atom is -0.338 e. The summed E-state index contributed by atoms with van der Waals surface area (Å²) in [6, 6.07) is 8.11. The van der Waals surface area contributed by atoms with Crippen LogP contribution in [-0.2, 0) is 7.05 Å². The average Bonchev–Trinajstić information content (AvgIpc) is 3.00. The topological polar surface area (TPSA) is 79.8 Å². The van der Waals surface area contributed by atoms with Gasteiger partial charge in [-0.05, 0) is 12.1 Å². The number of imidazole rings is 1. The van der Waals surface area contributed by atoms with Crippen molar-refractivity contribution in [2.24, 2.45) is 7.05 Å². The fourth-order valence-corrected chi connectivity index (χ4v) is 2.41. The van der Waals surface area contributed by atoms with Crippen molar-refractivity contribution < 1.29 is 9.18 Å². The van der Waals surface area contributed by atoms with Gasteiger partial charge in [-0.2, -0.15) is 0 Å². The molecule has 1 atom stereocenters. The largest absolute Gasteiger partial charge is 0.338 e. The van der Waals surface area contributed by atoms with Crippen molar-refractivity contribution in [1.82, 2.24) is 19.9 Å². The molecule has 122 valence electrons. The second kappa shape index (κ2) is 6.49. The van der Waals surface area contributed by atoms with E-state index in [1.54, 1.807) is 42.2 Å². The normalized spacial score (nSPS) is 11.9. The molecule has 2 heterocycles. The van der Waals surface area contributed by atoms with Crippen molar-refractivity contribution >= 4 is 5.91 Å². The molecule has 1 amide bonds. The van der Waals surface area contributed by atoms with E-state index in [9.17, 15) is 14.0 Å². The molecule has 1 aromatic carbocycles. The van der Waals surface area contributed by atoms with Crippen LogP contribution in [0.1, 0.15) is 27.8 Å². The number of H-pyrrole nitrogens is 1. The molecule has 0 aliphatic carbocycles. The smallest absolute Gasteiger partial charge is 0.253 e. The lowest BCUT2D eigenvalue weighted by molar-refractivity contribution is 0.0940. The van der Waals surface area contributed by atoms with Crippen LogP contribution in [0.3, 0.4) is 0 Å². The number of aryl methyl sites for hydroxylation is 1. The second-order valence-corrected chi connectivity index (χ2v) is 5.27. The Hall–Kier alpha value is -3.22. The van der Waals surface area contributed by atoms with E-state index in [1.807, 2.05) is 0 Å². The first-order valence-corrected chi connectivity index (χ1v) is 7.27. The third-order valence-corrected chi connectivity index (χ3v) is 3.65. The maximum Gasteiger partial charge on any atom is 0.253 e. The first-order valence-electron chi connectivity index (χ1n) is 7.27. The van der Waals surface area contributed by atoms with Crippen LogP contribution < -0.4 is 10.9 Å². The number of halogens is 1. The van der Waals surface area contributed by atoms with Crippen LogP contribution in [0.15, 0.2) is 59.8 Å². The van der Waals surface area contributed by atoms with Crippen molar-refractivity contribution in [3.63, 3.8) is 0 Å². The van der Waals surface area contributed by atoms with Gasteiger partial charge in [0.1, 0.15) is 17.7 Å². The van der Waals surface area contributed by atoms with Gasteiger partial charge in [0.05, 0.1) is 5.56 Å². The quantitative estimate of drug-likeness (QED) is 0.767. The van der Waals surface area contributed by atoms with Crippen LogP contribution in [0, 0.1) is 5.82 Å². The van der Waals surface area contributed by atoms with Crippen molar-refractivity contribution in [3.8, 4) is 0 Å². The molecular weight excluding hydrogens is 311 g/mol. The molecule has 0 aliphatic heterocycles. The molecule has 7 heteroatoms. The molecule has 3 rings (SSSR count). The zero-order valence-electron chi connectivity index (χ0n) is 12.9. The van der Waals surface area contributed by atoms with E-state index in [-0.39, 0.29) is 11.1 Å². The summed E-state index contributed by atoms with van der Waals surface area (Å²) in [4.78, 5) is 30.2. The number of pyridine rings is 1. The van der Waals surface area contributed by atoms with E-state index in [1.165, 1.54) is 24.4 Å². The predicted octanol–water partition coefficient (Wildman–Crippen LogP) is 1.77. The summed E-state index contributed by atoms with van der Waals surface area (Å²) >= 11 is 0. The SMILES string of the molecule is Cn1ccnc1[C@@H](NC(=O)c1ccc(=O)[nH]c1)c1ccccc1F. The molecule has 24 heavy (non-hydrogen) atoms. The molecule has 0 spiro atoms. The van der Waals surface area contributed by atoms with Crippen LogP contribution in [-0.4, -0.2) is 20.4 Å². The number of carbonyl (C=O) groups is 1. The Balaban J connectivity index is 1.98. The van der Waals surface area contributed by atoms with Crippen molar-refractivity contribution in [2.75, 3.05) is 0 Å². The molecule has 0 unspecified atom stereocenters. The van der Waals surface area contributed by atoms with Crippen LogP contribution in [0.5, 0.6) is 0 Å². The number of aromatic nitrogens is 3. The number of rotatable bonds is 4. The summed E-state index contributed by atoms with van der Waals surface area (Å²) in [6.07, 6.45) is 4.61. The summed E-state index contributed by atoms with van der Waals surface area (Å²) < 4.78 is 15.9. The van der Waals surface area contributed by atoms with E-state index in [0.717, 1.165) is 0 Å². The Kier molecular flexibility index (Phi) is 4.24. The summed E-state index contributed by atoms with van der Waals surface area (Å²) in [5.74, 6) is -0.382. The Bertz CT molecular complexity index is 912. The maximum atomic E-state index is 14.2. The molecule has 0 aliphatic rings. The van der Waals surface area contributed by atoms with E-state index in [0.29, 0.717) is 11.4 Å². The Morgan fingerprint density at radius 2 is 2.08 bits per heavy atom. The van der Waals surface area contributed by atoms with Crippen molar-refractivity contribution in [3.05, 3.63) is 88.1 Å². The number of amides is 1. The van der Waals surface area contributed by atoms with Gasteiger partial charge < -0.3 is 14.9 Å². The molecular formula is C17H15FN4O2. The maximum absolute atomic E-state index is 14.2. The van der Waals surface area contributed by atoms with Crippen LogP contribution >= 0.6 is 0 Å². The number of nitrogens with zero attached hydrogens (tertiary/aromatic N) is 2. The summed E-state index contributed by atoms with van der Waals surface area (Å²) in [6.45, 7) is 0. The standard InChI is InChI=1S/C17H15FN4O2/c1-22-9-8-19-16(22)15(12-4-2-3-5-13(12)18)21-17(24)11-6-7-14(23)20-10-11/h2-10,15H,1H3,(H,20,23)(H,21,24)/t15-/m0/s1. The first kappa shape index (κ1) is 15.7. The molecule has 3 aromatic rings. The van der Waals surface area contributed by atoms with E-state index in [2.05, 4.69) is 15.3 Å². The highest BCUT2D eigenvalue weighted by Crippen LogP contribution is 2.23. The molecule has 0 saturated heterocycles. The van der Waals surface area contributed by atoms with E-state index >= 15 is 0 Å². The van der Waals surface area contributed by atoms with Gasteiger partial charge in [-0.3, -0.25) is 9.59 Å². The monoisotopic (exact) mass is 326 g/mol. The summed E-state index contributed by atoms with van der Waals surface area (Å²) in [7, 11) is 1.77. The van der Waals surface area contributed by atoms with Crippen molar-refractivity contribution in [1.29, 1.82) is 0 Å². The van der Waals surface area contributed by atoms with Gasteiger partial charge >= 0.3 is 0 Å². The van der Waals surface area contributed by atoms with Gasteiger partial charge in [-0.1, -0.05) is 18.2 Å². The van der Waals surface area contributed by atoms with Gasteiger partial charge in [-0.15, -0.1) is 0 Å². The van der Waals surface area contributed by atoms with Crippen LogP contribution in [0.25, 0.3) is 0 Å². The van der Waals surface area contributed by atoms with Gasteiger partial charge in [0.15, 0.2) is 0 Å². The molecule has 0 radical (unpaired) electrons. The summed E-state index contributed by atoms with van der Waals surface area (Å²) in [5.41, 5.74) is 0.274. The van der Waals surface area contributed by atoms with Gasteiger partial charge in [-0.25, -0.2) is 9.37 Å². The third-order valence-electron chi connectivity index (χ3n) is 3.65. The van der Waals surface area contributed by atoms with Crippen LogP contribution in [0.2, 0.25) is 0 Å². The van der Waals surface area contributed by atoms with Crippen LogP contribution in [0.4, 0.5) is 4.39 Å². The predicted molar refractivity (Wildman–Crippen MR) is 86.0 cm³/mol. The molecule has 2 aromatic heterocycles. The lowest BCUT2D eigenvalue weighted by atomic mass is 10.0. The molecule has 6 nitrogen and oxygen atoms in total. The number of hydrogen-bond acceptors (Lipinski definition) is 3. The second-order valence-electron chi connectivity index (χ2n) is 5.27. The first-order chi connectivity index (χ1) is 11.6. The summed E-state index contributed by atoms with van der Waals surface area (Å²) in [5, 5.41) is 2.77. The number of nitrogens with one attached hydrogen (secondary N) is 2. The zero-order valence-corrected chi connectivity index (χ0v) is 12.9. The minimum atomic E-state index is -0.759. The Morgan fingerprint density at radius 3 is 2.71 bits per heavy atom. The Morgan fingerprint density at radius 1 is 1.29 bits per heavy atom. The molecule has 0 bridgehead atoms. The molecule has 2 N–H and O–H groups in total. The number of benzene rings is 1. The average molecular weight is 326 g/mol. The molecule has 0 fully saturated rings. The lowest BCUT2D eigenvalue weighted by Crippen LogP contribution is -2.32. The van der Waals surface area contributed by atoms with Gasteiger partial charge in [0.2, 0.25) is 5.56 Å². The minimum absolute atomic E-state index is 0.269. The highest BCUT2D eigenvalue weighted by Gasteiger charge is 2.24. The lowest BCUT2D eigenvalue weighted by Gasteiger charge is -2.19. The van der Waals surface area contributed by atoms with E-state index in [4.69, 9.17) is 0 Å². The third kappa shape index (κ3) is 3.10. The highest BCUT2D eigenvalue weighted by atomic mass is 19.1. The van der Waals surface area contributed by atoms with Crippen molar-refractivity contribution in [2.45, 2.75) is 6.04 Å². The fourth-order valence-electron chi connectivity index (χ4n) is 2.41. The number of hydrogen-bond donors (Lipinski definition) is 2. The Labute approximate surface area is 137 Å². The highest BCUT2D eigenvalue weighted by molar-refractivity contribution is 5.94. The zero-order chi connectivity index (χ0) is 17.1. The fraction of sp³-hybridized carbons (Fsp3) is 0.118. The number of aromatic amines is 1. The van der Waals surface area contributed by atoms with Gasteiger partial charge in [0, 0.05) is 37.3 Å².